The summed E-state index contributed by atoms with van der Waals surface area (Å²) in [5, 5.41) is 0. The lowest BCUT2D eigenvalue weighted by Gasteiger charge is -2.45. The summed E-state index contributed by atoms with van der Waals surface area (Å²) < 4.78 is 48.1. The number of rotatable bonds is 4. The van der Waals surface area contributed by atoms with Crippen molar-refractivity contribution in [3.63, 3.8) is 0 Å². The lowest BCUT2D eigenvalue weighted by atomic mass is 9.93. The highest BCUT2D eigenvalue weighted by molar-refractivity contribution is 4.98. The fourth-order valence-corrected chi connectivity index (χ4v) is 3.24. The van der Waals surface area contributed by atoms with E-state index in [0.717, 1.165) is 19.5 Å². The Bertz CT molecular complexity index is 324. The molecule has 0 aromatic heterocycles. The first-order valence-electron chi connectivity index (χ1n) is 7.39. The van der Waals surface area contributed by atoms with Gasteiger partial charge in [0, 0.05) is 32.5 Å². The van der Waals surface area contributed by atoms with Crippen LogP contribution in [-0.2, 0) is 9.47 Å². The van der Waals surface area contributed by atoms with Gasteiger partial charge in [-0.3, -0.25) is 4.90 Å². The zero-order valence-corrected chi connectivity index (χ0v) is 12.2. The SMILES string of the molecule is C[C@@H]1CN(CCCCC(F)(F)F)C[C@]2(CCO[C@@H]2C)O1. The molecular weight excluding hydrogens is 271 g/mol. The van der Waals surface area contributed by atoms with Gasteiger partial charge in [0.1, 0.15) is 5.60 Å². The van der Waals surface area contributed by atoms with E-state index in [-0.39, 0.29) is 24.2 Å². The Labute approximate surface area is 118 Å². The highest BCUT2D eigenvalue weighted by atomic mass is 19.4. The van der Waals surface area contributed by atoms with Crippen molar-refractivity contribution < 1.29 is 22.6 Å². The molecule has 118 valence electrons. The van der Waals surface area contributed by atoms with Gasteiger partial charge in [-0.2, -0.15) is 13.2 Å². The summed E-state index contributed by atoms with van der Waals surface area (Å²) >= 11 is 0. The summed E-state index contributed by atoms with van der Waals surface area (Å²) in [6, 6.07) is 0. The van der Waals surface area contributed by atoms with Crippen LogP contribution in [0.5, 0.6) is 0 Å². The Morgan fingerprint density at radius 3 is 2.60 bits per heavy atom. The van der Waals surface area contributed by atoms with Crippen molar-refractivity contribution in [3.8, 4) is 0 Å². The number of nitrogens with zero attached hydrogens (tertiary/aromatic N) is 1. The van der Waals surface area contributed by atoms with Gasteiger partial charge in [-0.15, -0.1) is 0 Å². The molecular formula is C14H24F3NO2. The molecule has 0 aromatic carbocycles. The first-order chi connectivity index (χ1) is 9.31. The van der Waals surface area contributed by atoms with Crippen molar-refractivity contribution in [2.75, 3.05) is 26.2 Å². The minimum atomic E-state index is -4.03. The highest BCUT2D eigenvalue weighted by Crippen LogP contribution is 2.35. The Hall–Kier alpha value is -0.330. The van der Waals surface area contributed by atoms with Gasteiger partial charge >= 0.3 is 6.18 Å². The van der Waals surface area contributed by atoms with E-state index in [1.54, 1.807) is 0 Å². The Kier molecular flexibility index (Phi) is 4.97. The quantitative estimate of drug-likeness (QED) is 0.744. The van der Waals surface area contributed by atoms with Crippen LogP contribution in [0.2, 0.25) is 0 Å². The second-order valence-corrected chi connectivity index (χ2v) is 6.06. The van der Waals surface area contributed by atoms with Crippen LogP contribution < -0.4 is 0 Å². The van der Waals surface area contributed by atoms with Crippen molar-refractivity contribution in [2.24, 2.45) is 0 Å². The fourth-order valence-electron chi connectivity index (χ4n) is 3.24. The second-order valence-electron chi connectivity index (χ2n) is 6.06. The third-order valence-corrected chi connectivity index (χ3v) is 4.26. The molecule has 20 heavy (non-hydrogen) atoms. The van der Waals surface area contributed by atoms with Gasteiger partial charge in [0.15, 0.2) is 0 Å². The average Bonchev–Trinajstić information content (AvgIpc) is 2.64. The minimum absolute atomic E-state index is 0.0583. The molecule has 2 heterocycles. The maximum atomic E-state index is 12.1. The number of unbranched alkanes of at least 4 members (excludes halogenated alkanes) is 1. The molecule has 0 amide bonds. The Morgan fingerprint density at radius 2 is 2.00 bits per heavy atom. The van der Waals surface area contributed by atoms with Crippen molar-refractivity contribution in [3.05, 3.63) is 0 Å². The van der Waals surface area contributed by atoms with Crippen molar-refractivity contribution in [1.29, 1.82) is 0 Å². The number of ether oxygens (including phenoxy) is 2. The van der Waals surface area contributed by atoms with Gasteiger partial charge in [-0.25, -0.2) is 0 Å². The molecule has 6 heteroatoms. The first kappa shape index (κ1) is 16.0. The minimum Gasteiger partial charge on any atom is -0.375 e. The summed E-state index contributed by atoms with van der Waals surface area (Å²) in [4.78, 5) is 2.23. The molecule has 0 unspecified atom stereocenters. The highest BCUT2D eigenvalue weighted by Gasteiger charge is 2.47. The maximum Gasteiger partial charge on any atom is 0.389 e. The van der Waals surface area contributed by atoms with E-state index in [9.17, 15) is 13.2 Å². The van der Waals surface area contributed by atoms with Crippen molar-refractivity contribution >= 4 is 0 Å². The largest absolute Gasteiger partial charge is 0.389 e. The maximum absolute atomic E-state index is 12.1. The van der Waals surface area contributed by atoms with Crippen LogP contribution in [0.3, 0.4) is 0 Å². The predicted molar refractivity (Wildman–Crippen MR) is 69.7 cm³/mol. The zero-order valence-electron chi connectivity index (χ0n) is 12.2. The number of alkyl halides is 3. The molecule has 2 fully saturated rings. The summed E-state index contributed by atoms with van der Waals surface area (Å²) in [5.74, 6) is 0. The molecule has 0 bridgehead atoms. The summed E-state index contributed by atoms with van der Waals surface area (Å²) in [7, 11) is 0. The topological polar surface area (TPSA) is 21.7 Å². The molecule has 2 saturated heterocycles. The van der Waals surface area contributed by atoms with Crippen LogP contribution in [0.15, 0.2) is 0 Å². The lowest BCUT2D eigenvalue weighted by molar-refractivity contribution is -0.169. The van der Waals surface area contributed by atoms with Crippen molar-refractivity contribution in [1.82, 2.24) is 4.90 Å². The van der Waals surface area contributed by atoms with Gasteiger partial charge in [0.2, 0.25) is 0 Å². The van der Waals surface area contributed by atoms with E-state index in [4.69, 9.17) is 9.47 Å². The number of halogens is 3. The third-order valence-electron chi connectivity index (χ3n) is 4.26. The zero-order chi connectivity index (χ0) is 14.8. The molecule has 1 spiro atoms. The predicted octanol–water partition coefficient (Wildman–Crippen LogP) is 2.99. The average molecular weight is 295 g/mol. The molecule has 3 atom stereocenters. The smallest absolute Gasteiger partial charge is 0.375 e. The van der Waals surface area contributed by atoms with Gasteiger partial charge in [-0.1, -0.05) is 0 Å². The first-order valence-corrected chi connectivity index (χ1v) is 7.39. The molecule has 0 saturated carbocycles. The second kappa shape index (κ2) is 6.20. The third kappa shape index (κ3) is 4.09. The van der Waals surface area contributed by atoms with Gasteiger partial charge in [0.05, 0.1) is 12.2 Å². The van der Waals surface area contributed by atoms with Crippen LogP contribution in [0.1, 0.15) is 39.5 Å². The molecule has 3 nitrogen and oxygen atoms in total. The molecule has 0 aliphatic carbocycles. The summed E-state index contributed by atoms with van der Waals surface area (Å²) in [6.07, 6.45) is -2.90. The van der Waals surface area contributed by atoms with Crippen LogP contribution in [0.25, 0.3) is 0 Å². The van der Waals surface area contributed by atoms with E-state index in [0.29, 0.717) is 19.6 Å². The van der Waals surface area contributed by atoms with Gasteiger partial charge in [-0.05, 0) is 33.2 Å². The van der Waals surface area contributed by atoms with E-state index in [1.807, 2.05) is 13.8 Å². The van der Waals surface area contributed by atoms with Gasteiger partial charge < -0.3 is 9.47 Å². The van der Waals surface area contributed by atoms with Crippen LogP contribution >= 0.6 is 0 Å². The fraction of sp³-hybridized carbons (Fsp3) is 1.00. The number of hydrogen-bond donors (Lipinski definition) is 0. The standard InChI is InChI=1S/C14H24F3NO2/c1-11-9-18(7-4-3-5-14(15,16)17)10-13(20-11)6-8-19-12(13)2/h11-12H,3-10H2,1-2H3/t11-,12-,13+/m1/s1. The van der Waals surface area contributed by atoms with Crippen LogP contribution in [-0.4, -0.2) is 55.1 Å². The van der Waals surface area contributed by atoms with Crippen LogP contribution in [0, 0.1) is 0 Å². The van der Waals surface area contributed by atoms with E-state index >= 15 is 0 Å². The van der Waals surface area contributed by atoms with E-state index in [1.165, 1.54) is 0 Å². The molecule has 2 rings (SSSR count). The van der Waals surface area contributed by atoms with Gasteiger partial charge in [0.25, 0.3) is 0 Å². The molecule has 2 aliphatic rings. The monoisotopic (exact) mass is 295 g/mol. The Balaban J connectivity index is 1.80. The van der Waals surface area contributed by atoms with Crippen LogP contribution in [0.4, 0.5) is 13.2 Å². The molecule has 2 aliphatic heterocycles. The Morgan fingerprint density at radius 1 is 1.25 bits per heavy atom. The summed E-state index contributed by atoms with van der Waals surface area (Å²) in [6.45, 7) is 7.01. The number of morpholine rings is 1. The number of hydrogen-bond acceptors (Lipinski definition) is 3. The van der Waals surface area contributed by atoms with E-state index in [2.05, 4.69) is 4.90 Å². The molecule has 0 N–H and O–H groups in total. The van der Waals surface area contributed by atoms with Crippen molar-refractivity contribution in [2.45, 2.75) is 63.5 Å². The molecule has 0 radical (unpaired) electrons. The van der Waals surface area contributed by atoms with E-state index < -0.39 is 12.6 Å². The normalized spacial score (nSPS) is 35.9. The molecule has 0 aromatic rings. The summed E-state index contributed by atoms with van der Waals surface area (Å²) in [5.41, 5.74) is -0.262. The lowest BCUT2D eigenvalue weighted by Crippen LogP contribution is -2.58.